The van der Waals surface area contributed by atoms with Gasteiger partial charge in [-0.1, -0.05) is 53.6 Å². The summed E-state index contributed by atoms with van der Waals surface area (Å²) in [7, 11) is 1.45. The number of ether oxygens (including phenoxy) is 1. The molecule has 30 heavy (non-hydrogen) atoms. The number of Topliss-reactive ketones (excluding diaryl/α,β-unsaturated/α-hetero) is 1. The van der Waals surface area contributed by atoms with Crippen LogP contribution in [-0.4, -0.2) is 23.1 Å². The van der Waals surface area contributed by atoms with Gasteiger partial charge in [0.05, 0.1) is 7.11 Å². The first-order valence-electron chi connectivity index (χ1n) is 10.3. The number of phenols is 2. The van der Waals surface area contributed by atoms with Gasteiger partial charge < -0.3 is 14.9 Å². The van der Waals surface area contributed by atoms with Gasteiger partial charge >= 0.3 is 0 Å². The molecule has 0 bridgehead atoms. The zero-order valence-electron chi connectivity index (χ0n) is 18.1. The van der Waals surface area contributed by atoms with Crippen LogP contribution in [0.3, 0.4) is 0 Å². The van der Waals surface area contributed by atoms with Crippen molar-refractivity contribution in [3.8, 4) is 17.2 Å². The fourth-order valence-electron chi connectivity index (χ4n) is 4.42. The Morgan fingerprint density at radius 3 is 2.33 bits per heavy atom. The Bertz CT molecular complexity index is 945. The molecule has 2 aromatic carbocycles. The maximum absolute atomic E-state index is 13.6. The Hall–Kier alpha value is -3.01. The molecule has 158 valence electrons. The third kappa shape index (κ3) is 4.43. The van der Waals surface area contributed by atoms with Gasteiger partial charge in [0, 0.05) is 24.0 Å². The van der Waals surface area contributed by atoms with Crippen LogP contribution in [-0.2, 0) is 0 Å². The number of hydrogen-bond acceptors (Lipinski definition) is 4. The molecule has 2 aromatic rings. The van der Waals surface area contributed by atoms with Gasteiger partial charge in [-0.25, -0.2) is 0 Å². The lowest BCUT2D eigenvalue weighted by molar-refractivity contribution is 0.0872. The molecule has 0 fully saturated rings. The molecule has 2 N–H and O–H groups in total. The van der Waals surface area contributed by atoms with Gasteiger partial charge in [-0.3, -0.25) is 4.79 Å². The zero-order valence-corrected chi connectivity index (χ0v) is 18.1. The van der Waals surface area contributed by atoms with Gasteiger partial charge in [0.15, 0.2) is 5.78 Å². The van der Waals surface area contributed by atoms with Crippen molar-refractivity contribution in [2.24, 2.45) is 11.8 Å². The molecule has 0 aliphatic heterocycles. The number of ketones is 1. The lowest BCUT2D eigenvalue weighted by atomic mass is 9.65. The number of carbonyl (C=O) groups is 1. The van der Waals surface area contributed by atoms with E-state index < -0.39 is 0 Å². The molecule has 0 spiro atoms. The Morgan fingerprint density at radius 2 is 1.77 bits per heavy atom. The van der Waals surface area contributed by atoms with Gasteiger partial charge in [0.2, 0.25) is 0 Å². The molecule has 0 radical (unpaired) electrons. The second-order valence-electron chi connectivity index (χ2n) is 8.26. The van der Waals surface area contributed by atoms with Crippen LogP contribution < -0.4 is 4.74 Å². The first-order valence-corrected chi connectivity index (χ1v) is 10.3. The van der Waals surface area contributed by atoms with E-state index in [0.29, 0.717) is 12.2 Å². The topological polar surface area (TPSA) is 66.8 Å². The molecule has 0 unspecified atom stereocenters. The van der Waals surface area contributed by atoms with Crippen LogP contribution >= 0.6 is 0 Å². The molecule has 1 aliphatic rings. The highest BCUT2D eigenvalue weighted by atomic mass is 16.5. The van der Waals surface area contributed by atoms with Gasteiger partial charge in [0.1, 0.15) is 22.8 Å². The molecule has 0 heterocycles. The van der Waals surface area contributed by atoms with Crippen LogP contribution in [0.5, 0.6) is 17.2 Å². The highest BCUT2D eigenvalue weighted by Crippen LogP contribution is 2.47. The van der Waals surface area contributed by atoms with Crippen LogP contribution in [0.25, 0.3) is 0 Å². The van der Waals surface area contributed by atoms with Crippen LogP contribution in [0.15, 0.2) is 65.8 Å². The number of carbonyl (C=O) groups excluding carboxylic acids is 1. The second kappa shape index (κ2) is 9.21. The van der Waals surface area contributed by atoms with Crippen molar-refractivity contribution in [3.63, 3.8) is 0 Å². The van der Waals surface area contributed by atoms with E-state index in [1.54, 1.807) is 0 Å². The fourth-order valence-corrected chi connectivity index (χ4v) is 4.42. The third-order valence-corrected chi connectivity index (χ3v) is 6.00. The van der Waals surface area contributed by atoms with Crippen LogP contribution in [0, 0.1) is 11.8 Å². The lowest BCUT2D eigenvalue weighted by Crippen LogP contribution is -2.31. The van der Waals surface area contributed by atoms with E-state index in [2.05, 4.69) is 45.1 Å². The van der Waals surface area contributed by atoms with Crippen molar-refractivity contribution in [1.82, 2.24) is 0 Å². The average Bonchev–Trinajstić information content (AvgIpc) is 2.72. The Morgan fingerprint density at radius 1 is 1.13 bits per heavy atom. The number of allylic oxidation sites excluding steroid dienone is 4. The molecule has 0 saturated carbocycles. The monoisotopic (exact) mass is 406 g/mol. The summed E-state index contributed by atoms with van der Waals surface area (Å²) in [4.78, 5) is 13.6. The Kier molecular flexibility index (Phi) is 6.66. The first kappa shape index (κ1) is 21.7. The van der Waals surface area contributed by atoms with Gasteiger partial charge in [-0.15, -0.1) is 0 Å². The van der Waals surface area contributed by atoms with Crippen molar-refractivity contribution in [1.29, 1.82) is 0 Å². The summed E-state index contributed by atoms with van der Waals surface area (Å²) >= 11 is 0. The van der Waals surface area contributed by atoms with Crippen molar-refractivity contribution in [2.45, 2.75) is 39.5 Å². The highest BCUT2D eigenvalue weighted by molar-refractivity contribution is 6.03. The largest absolute Gasteiger partial charge is 0.507 e. The molecule has 1 aliphatic carbocycles. The molecular formula is C26H30O4. The fraction of sp³-hybridized carbons (Fsp3) is 0.346. The smallest absolute Gasteiger partial charge is 0.174 e. The number of aromatic hydroxyl groups is 2. The molecule has 4 nitrogen and oxygen atoms in total. The zero-order chi connectivity index (χ0) is 21.8. The molecule has 0 saturated heterocycles. The molecular weight excluding hydrogens is 376 g/mol. The van der Waals surface area contributed by atoms with E-state index in [1.807, 2.05) is 18.2 Å². The first-order chi connectivity index (χ1) is 14.3. The van der Waals surface area contributed by atoms with Gasteiger partial charge in [-0.05, 0) is 45.1 Å². The predicted octanol–water partition coefficient (Wildman–Crippen LogP) is 6.01. The van der Waals surface area contributed by atoms with E-state index in [1.165, 1.54) is 30.4 Å². The van der Waals surface area contributed by atoms with Gasteiger partial charge in [0.25, 0.3) is 0 Å². The minimum absolute atomic E-state index is 0.0318. The number of benzene rings is 2. The van der Waals surface area contributed by atoms with Crippen molar-refractivity contribution >= 4 is 5.78 Å². The summed E-state index contributed by atoms with van der Waals surface area (Å²) in [5.41, 5.74) is 3.58. The molecule has 0 aromatic heterocycles. The molecule has 4 heteroatoms. The van der Waals surface area contributed by atoms with Crippen LogP contribution in [0.2, 0.25) is 0 Å². The van der Waals surface area contributed by atoms with E-state index in [0.717, 1.165) is 12.0 Å². The maximum Gasteiger partial charge on any atom is 0.174 e. The highest BCUT2D eigenvalue weighted by Gasteiger charge is 2.39. The molecule has 0 amide bonds. The molecule has 3 atom stereocenters. The van der Waals surface area contributed by atoms with E-state index >= 15 is 0 Å². The maximum atomic E-state index is 13.6. The van der Waals surface area contributed by atoms with E-state index in [9.17, 15) is 15.0 Å². The molecule has 3 rings (SSSR count). The predicted molar refractivity (Wildman–Crippen MR) is 119 cm³/mol. The SMILES string of the molecule is COc1cc(O)c(C(=O)[C@H]2CC=C(C)[C@H](CC=C(C)C)[C@@H]2c2ccccc2)c(O)c1. The standard InChI is InChI=1S/C26H30O4/c1-16(2)10-12-20-17(3)11-13-21(24(20)18-8-6-5-7-9-18)26(29)25-22(27)14-19(30-4)15-23(25)28/h5-11,14-15,20-21,24,27-28H,12-13H2,1-4H3/t20-,21-,24-/m0/s1. The number of hydrogen-bond donors (Lipinski definition) is 2. The lowest BCUT2D eigenvalue weighted by Gasteiger charge is -2.37. The Balaban J connectivity index is 2.08. The summed E-state index contributed by atoms with van der Waals surface area (Å²) < 4.78 is 5.08. The quantitative estimate of drug-likeness (QED) is 0.455. The van der Waals surface area contributed by atoms with Crippen molar-refractivity contribution in [2.75, 3.05) is 7.11 Å². The summed E-state index contributed by atoms with van der Waals surface area (Å²) in [5, 5.41) is 20.9. The van der Waals surface area contributed by atoms with Crippen LogP contribution in [0.4, 0.5) is 0 Å². The summed E-state index contributed by atoms with van der Waals surface area (Å²) in [5.74, 6) is -0.689. The third-order valence-electron chi connectivity index (χ3n) is 6.00. The summed E-state index contributed by atoms with van der Waals surface area (Å²) in [6, 6.07) is 12.8. The number of rotatable bonds is 6. The normalized spacial score (nSPS) is 20.9. The van der Waals surface area contributed by atoms with Crippen molar-refractivity contribution < 1.29 is 19.7 Å². The van der Waals surface area contributed by atoms with E-state index in [-0.39, 0.29) is 40.6 Å². The number of phenolic OH excluding ortho intramolecular Hbond substituents is 2. The van der Waals surface area contributed by atoms with Gasteiger partial charge in [-0.2, -0.15) is 0 Å². The second-order valence-corrected chi connectivity index (χ2v) is 8.26. The Labute approximate surface area is 178 Å². The number of methoxy groups -OCH3 is 1. The van der Waals surface area contributed by atoms with E-state index in [4.69, 9.17) is 4.74 Å². The summed E-state index contributed by atoms with van der Waals surface area (Å²) in [6.07, 6.45) is 5.76. The van der Waals surface area contributed by atoms with Crippen LogP contribution in [0.1, 0.15) is 55.5 Å². The average molecular weight is 407 g/mol. The summed E-state index contributed by atoms with van der Waals surface area (Å²) in [6.45, 7) is 6.29. The minimum atomic E-state index is -0.378. The minimum Gasteiger partial charge on any atom is -0.507 e. The van der Waals surface area contributed by atoms with Crippen molar-refractivity contribution in [3.05, 3.63) is 76.9 Å².